The molecule has 0 unspecified atom stereocenters. The Kier molecular flexibility index (Phi) is 7.10. The highest BCUT2D eigenvalue weighted by molar-refractivity contribution is 8.14. The van der Waals surface area contributed by atoms with Crippen LogP contribution in [-0.4, -0.2) is 23.2 Å². The largest absolute Gasteiger partial charge is 0.293 e. The molecule has 0 saturated carbocycles. The summed E-state index contributed by atoms with van der Waals surface area (Å²) in [5.74, 6) is 0.182. The van der Waals surface area contributed by atoms with E-state index in [0.717, 1.165) is 29.6 Å². The summed E-state index contributed by atoms with van der Waals surface area (Å²) in [4.78, 5) is 24.0. The zero-order valence-electron chi connectivity index (χ0n) is 15.1. The van der Waals surface area contributed by atoms with E-state index in [1.54, 1.807) is 11.9 Å². The van der Waals surface area contributed by atoms with Gasteiger partial charge >= 0.3 is 0 Å². The van der Waals surface area contributed by atoms with Crippen LogP contribution in [0.3, 0.4) is 0 Å². The van der Waals surface area contributed by atoms with Crippen molar-refractivity contribution in [2.75, 3.05) is 12.3 Å². The van der Waals surface area contributed by atoms with Crippen molar-refractivity contribution in [2.45, 2.75) is 18.2 Å². The summed E-state index contributed by atoms with van der Waals surface area (Å²) in [5, 5.41) is 2.54. The summed E-state index contributed by atoms with van der Waals surface area (Å²) >= 11 is 2.61. The Morgan fingerprint density at radius 2 is 1.67 bits per heavy atom. The van der Waals surface area contributed by atoms with Gasteiger partial charge in [-0.3, -0.25) is 14.3 Å². The molecule has 3 aromatic rings. The Labute approximate surface area is 168 Å². The van der Waals surface area contributed by atoms with E-state index >= 15 is 0 Å². The van der Waals surface area contributed by atoms with Crippen LogP contribution in [0, 0.1) is 0 Å². The average Bonchev–Trinajstić information content (AvgIpc) is 2.70. The Hall–Kier alpha value is -2.08. The van der Waals surface area contributed by atoms with E-state index in [2.05, 4.69) is 47.2 Å². The summed E-state index contributed by atoms with van der Waals surface area (Å²) in [6.07, 6.45) is 0.952. The third-order valence-corrected chi connectivity index (χ3v) is 5.82. The zero-order chi connectivity index (χ0) is 19.1. The number of hydrogen-bond acceptors (Lipinski definition) is 5. The van der Waals surface area contributed by atoms with Gasteiger partial charge in [0.15, 0.2) is 10.9 Å². The minimum atomic E-state index is -0.0362. The molecule has 0 aromatic heterocycles. The maximum absolute atomic E-state index is 12.0. The first-order chi connectivity index (χ1) is 13.1. The fourth-order valence-electron chi connectivity index (χ4n) is 2.79. The molecule has 0 aliphatic rings. The molecule has 0 radical (unpaired) electrons. The Morgan fingerprint density at radius 3 is 2.44 bits per heavy atom. The fourth-order valence-corrected chi connectivity index (χ4v) is 3.93. The van der Waals surface area contributed by atoms with Gasteiger partial charge in [-0.2, -0.15) is 0 Å². The predicted octanol–water partition coefficient (Wildman–Crippen LogP) is 5.14. The topological polar surface area (TPSA) is 46.2 Å². The fraction of sp³-hybridized carbons (Fsp3) is 0.182. The number of nitrogens with one attached hydrogen (secondary N) is 1. The SMILES string of the molecule is CC(=O)SCC(=O)c1ccc(SNCCc2cccc3ccccc23)cc1. The molecule has 0 atom stereocenters. The normalized spacial score (nSPS) is 10.9. The van der Waals surface area contributed by atoms with Gasteiger partial charge in [0.1, 0.15) is 0 Å². The zero-order valence-corrected chi connectivity index (χ0v) is 16.7. The summed E-state index contributed by atoms with van der Waals surface area (Å²) in [6, 6.07) is 22.4. The monoisotopic (exact) mass is 395 g/mol. The molecule has 0 aliphatic heterocycles. The van der Waals surface area contributed by atoms with E-state index in [0.29, 0.717) is 5.56 Å². The van der Waals surface area contributed by atoms with Crippen molar-refractivity contribution in [3.63, 3.8) is 0 Å². The molecule has 0 fully saturated rings. The van der Waals surface area contributed by atoms with Crippen molar-refractivity contribution in [1.29, 1.82) is 0 Å². The summed E-state index contributed by atoms with van der Waals surface area (Å²) in [7, 11) is 0. The van der Waals surface area contributed by atoms with E-state index in [1.165, 1.54) is 23.3 Å². The summed E-state index contributed by atoms with van der Waals surface area (Å²) < 4.78 is 3.39. The second-order valence-electron chi connectivity index (χ2n) is 6.11. The van der Waals surface area contributed by atoms with Crippen molar-refractivity contribution >= 4 is 45.4 Å². The number of fused-ring (bicyclic) bond motifs is 1. The molecule has 138 valence electrons. The van der Waals surface area contributed by atoms with E-state index < -0.39 is 0 Å². The van der Waals surface area contributed by atoms with Crippen LogP contribution in [0.25, 0.3) is 10.8 Å². The van der Waals surface area contributed by atoms with Gasteiger partial charge in [0.2, 0.25) is 0 Å². The highest BCUT2D eigenvalue weighted by atomic mass is 32.2. The van der Waals surface area contributed by atoms with Crippen molar-refractivity contribution in [2.24, 2.45) is 0 Å². The predicted molar refractivity (Wildman–Crippen MR) is 115 cm³/mol. The highest BCUT2D eigenvalue weighted by Crippen LogP contribution is 2.20. The molecule has 0 amide bonds. The van der Waals surface area contributed by atoms with Crippen molar-refractivity contribution in [3.8, 4) is 0 Å². The lowest BCUT2D eigenvalue weighted by Gasteiger charge is -2.08. The first kappa shape index (κ1) is 19.7. The molecule has 0 heterocycles. The smallest absolute Gasteiger partial charge is 0.186 e. The molecule has 1 N–H and O–H groups in total. The number of rotatable bonds is 8. The van der Waals surface area contributed by atoms with Gasteiger partial charge in [0.25, 0.3) is 0 Å². The molecule has 3 rings (SSSR count). The van der Waals surface area contributed by atoms with Crippen molar-refractivity contribution in [3.05, 3.63) is 77.9 Å². The average molecular weight is 396 g/mol. The van der Waals surface area contributed by atoms with Crippen LogP contribution in [0.5, 0.6) is 0 Å². The van der Waals surface area contributed by atoms with Gasteiger partial charge in [-0.05, 0) is 46.8 Å². The van der Waals surface area contributed by atoms with Crippen LogP contribution in [-0.2, 0) is 11.2 Å². The third kappa shape index (κ3) is 5.70. The Balaban J connectivity index is 1.49. The Bertz CT molecular complexity index is 933. The number of benzene rings is 3. The minimum absolute atomic E-state index is 0.0179. The van der Waals surface area contributed by atoms with Crippen LogP contribution in [0.1, 0.15) is 22.8 Å². The van der Waals surface area contributed by atoms with Gasteiger partial charge in [-0.1, -0.05) is 66.4 Å². The minimum Gasteiger partial charge on any atom is -0.293 e. The van der Waals surface area contributed by atoms with Gasteiger partial charge in [-0.15, -0.1) is 0 Å². The van der Waals surface area contributed by atoms with E-state index in [1.807, 2.05) is 24.3 Å². The van der Waals surface area contributed by atoms with Crippen LogP contribution >= 0.6 is 23.7 Å². The first-order valence-electron chi connectivity index (χ1n) is 8.76. The van der Waals surface area contributed by atoms with Gasteiger partial charge in [0, 0.05) is 23.9 Å². The maximum atomic E-state index is 12.0. The Morgan fingerprint density at radius 1 is 0.926 bits per heavy atom. The molecule has 0 spiro atoms. The van der Waals surface area contributed by atoms with Gasteiger partial charge in [0.05, 0.1) is 5.75 Å². The van der Waals surface area contributed by atoms with Gasteiger partial charge in [-0.25, -0.2) is 0 Å². The quantitative estimate of drug-likeness (QED) is 0.325. The summed E-state index contributed by atoms with van der Waals surface area (Å²) in [6.45, 7) is 2.33. The number of ketones is 1. The second kappa shape index (κ2) is 9.74. The second-order valence-corrected chi connectivity index (χ2v) is 8.23. The number of thioether (sulfide) groups is 1. The van der Waals surface area contributed by atoms with Crippen molar-refractivity contribution in [1.82, 2.24) is 4.72 Å². The van der Waals surface area contributed by atoms with E-state index in [9.17, 15) is 9.59 Å². The number of hydrogen-bond donors (Lipinski definition) is 1. The first-order valence-corrected chi connectivity index (χ1v) is 10.6. The molecular formula is C22H21NO2S2. The lowest BCUT2D eigenvalue weighted by atomic mass is 10.0. The van der Waals surface area contributed by atoms with Crippen LogP contribution in [0.2, 0.25) is 0 Å². The standard InChI is InChI=1S/C22H21NO2S2/c1-16(24)26-15-22(25)19-9-11-20(12-10-19)27-23-14-13-18-7-4-6-17-5-2-3-8-21(17)18/h2-12,23H,13-15H2,1H3. The molecule has 5 heteroatoms. The van der Waals surface area contributed by atoms with Crippen LogP contribution in [0.4, 0.5) is 0 Å². The van der Waals surface area contributed by atoms with Crippen LogP contribution < -0.4 is 4.72 Å². The van der Waals surface area contributed by atoms with E-state index in [4.69, 9.17) is 0 Å². The maximum Gasteiger partial charge on any atom is 0.186 e. The number of carbonyl (C=O) groups is 2. The molecule has 0 aliphatic carbocycles. The molecule has 3 aromatic carbocycles. The number of Topliss-reactive ketones (excluding diaryl/α,β-unsaturated/α-hetero) is 1. The van der Waals surface area contributed by atoms with Crippen molar-refractivity contribution < 1.29 is 9.59 Å². The molecular weight excluding hydrogens is 374 g/mol. The van der Waals surface area contributed by atoms with E-state index in [-0.39, 0.29) is 16.7 Å². The molecule has 0 bridgehead atoms. The molecule has 0 saturated heterocycles. The summed E-state index contributed by atoms with van der Waals surface area (Å²) in [5.41, 5.74) is 1.98. The molecule has 3 nitrogen and oxygen atoms in total. The lowest BCUT2D eigenvalue weighted by Crippen LogP contribution is -2.09. The highest BCUT2D eigenvalue weighted by Gasteiger charge is 2.08. The van der Waals surface area contributed by atoms with Gasteiger partial charge < -0.3 is 0 Å². The van der Waals surface area contributed by atoms with Crippen LogP contribution in [0.15, 0.2) is 71.6 Å². The lowest BCUT2D eigenvalue weighted by molar-refractivity contribution is -0.109. The molecule has 27 heavy (non-hydrogen) atoms. The number of carbonyl (C=O) groups excluding carboxylic acids is 2. The third-order valence-electron chi connectivity index (χ3n) is 4.15.